The number of piperidine rings is 1. The van der Waals surface area contributed by atoms with Crippen LogP contribution in [0.1, 0.15) is 63.7 Å². The molecular weight excluding hydrogens is 599 g/mol. The van der Waals surface area contributed by atoms with Gasteiger partial charge in [0, 0.05) is 48.7 Å². The van der Waals surface area contributed by atoms with Gasteiger partial charge < -0.3 is 19.1 Å². The van der Waals surface area contributed by atoms with E-state index in [0.717, 1.165) is 67.1 Å². The molecule has 1 atom stereocenters. The number of carboxylic acid groups (broad SMARTS) is 1. The number of carbonyl (C=O) groups is 1. The van der Waals surface area contributed by atoms with Gasteiger partial charge in [-0.25, -0.2) is 19.2 Å². The van der Waals surface area contributed by atoms with Crippen LogP contribution in [0, 0.1) is 17.7 Å². The average Bonchev–Trinajstić information content (AvgIpc) is 3.63. The molecule has 2 aliphatic heterocycles. The lowest BCUT2D eigenvalue weighted by Crippen LogP contribution is -2.35. The highest BCUT2D eigenvalue weighted by molar-refractivity contribution is 5.92. The van der Waals surface area contributed by atoms with E-state index in [0.29, 0.717) is 30.1 Å². The highest BCUT2D eigenvalue weighted by Crippen LogP contribution is 2.30. The van der Waals surface area contributed by atoms with Crippen molar-refractivity contribution >= 4 is 17.0 Å². The molecule has 2 fully saturated rings. The molecule has 0 aliphatic carbocycles. The molecule has 3 aromatic heterocycles. The van der Waals surface area contributed by atoms with Crippen LogP contribution in [0.3, 0.4) is 0 Å². The van der Waals surface area contributed by atoms with Crippen LogP contribution in [0.2, 0.25) is 0 Å². The predicted octanol–water partition coefficient (Wildman–Crippen LogP) is 5.15. The fourth-order valence-electron chi connectivity index (χ4n) is 6.11. The van der Waals surface area contributed by atoms with Crippen LogP contribution in [-0.4, -0.2) is 66.1 Å². The van der Waals surface area contributed by atoms with E-state index in [1.165, 1.54) is 6.07 Å². The summed E-state index contributed by atoms with van der Waals surface area (Å²) in [5.41, 5.74) is 4.64. The minimum Gasteiger partial charge on any atom is -0.478 e. The Bertz CT molecular complexity index is 1980. The van der Waals surface area contributed by atoms with Gasteiger partial charge in [-0.3, -0.25) is 9.58 Å². The first kappa shape index (κ1) is 30.6. The number of likely N-dealkylation sites (tertiary alicyclic amines) is 1. The molecule has 0 amide bonds. The van der Waals surface area contributed by atoms with E-state index in [4.69, 9.17) is 19.4 Å². The quantitative estimate of drug-likeness (QED) is 0.222. The topological polar surface area (TPSA) is 108 Å². The largest absolute Gasteiger partial charge is 0.478 e. The number of aromatic carboxylic acids is 1. The number of nitrogens with zero attached hydrogens (tertiary/aromatic N) is 6. The van der Waals surface area contributed by atoms with Crippen molar-refractivity contribution in [2.24, 2.45) is 7.05 Å². The Kier molecular flexibility index (Phi) is 8.70. The Morgan fingerprint density at radius 2 is 1.89 bits per heavy atom. The molecule has 11 heteroatoms. The first-order chi connectivity index (χ1) is 22.9. The smallest absolute Gasteiger partial charge is 0.335 e. The van der Waals surface area contributed by atoms with Crippen molar-refractivity contribution in [3.8, 4) is 17.7 Å². The highest BCUT2D eigenvalue weighted by atomic mass is 19.1. The fourth-order valence-corrected chi connectivity index (χ4v) is 6.11. The van der Waals surface area contributed by atoms with Gasteiger partial charge in [-0.2, -0.15) is 5.10 Å². The zero-order valence-electron chi connectivity index (χ0n) is 26.1. The number of carboxylic acids is 1. The van der Waals surface area contributed by atoms with Gasteiger partial charge in [-0.15, -0.1) is 0 Å². The molecular formula is C36H35FN6O4. The van der Waals surface area contributed by atoms with Gasteiger partial charge in [0.05, 0.1) is 47.6 Å². The summed E-state index contributed by atoms with van der Waals surface area (Å²) in [4.78, 5) is 23.7. The van der Waals surface area contributed by atoms with E-state index in [1.54, 1.807) is 47.3 Å². The van der Waals surface area contributed by atoms with Gasteiger partial charge in [0.2, 0.25) is 5.88 Å². The third-order valence-corrected chi connectivity index (χ3v) is 8.85. The van der Waals surface area contributed by atoms with Crippen molar-refractivity contribution in [2.75, 3.05) is 19.7 Å². The second kappa shape index (κ2) is 13.4. The highest BCUT2D eigenvalue weighted by Gasteiger charge is 2.26. The van der Waals surface area contributed by atoms with E-state index in [-0.39, 0.29) is 30.0 Å². The van der Waals surface area contributed by atoms with E-state index in [9.17, 15) is 14.3 Å². The molecule has 7 rings (SSSR count). The van der Waals surface area contributed by atoms with Crippen molar-refractivity contribution in [2.45, 2.75) is 51.0 Å². The second-order valence-electron chi connectivity index (χ2n) is 12.1. The van der Waals surface area contributed by atoms with Crippen molar-refractivity contribution in [3.63, 3.8) is 0 Å². The van der Waals surface area contributed by atoms with Crippen LogP contribution in [0.4, 0.5) is 4.39 Å². The molecule has 0 bridgehead atoms. The minimum absolute atomic E-state index is 0.0674. The molecule has 2 saturated heterocycles. The van der Waals surface area contributed by atoms with Crippen LogP contribution in [0.25, 0.3) is 11.0 Å². The Hall–Kier alpha value is -5.05. The summed E-state index contributed by atoms with van der Waals surface area (Å²) in [6.07, 6.45) is 6.45. The van der Waals surface area contributed by atoms with Crippen molar-refractivity contribution in [3.05, 3.63) is 107 Å². The molecule has 240 valence electrons. The number of ether oxygens (including phenoxy) is 2. The number of benzene rings is 2. The molecule has 0 saturated carbocycles. The number of fused-ring (bicyclic) bond motifs is 1. The summed E-state index contributed by atoms with van der Waals surface area (Å²) in [5, 5.41) is 13.6. The summed E-state index contributed by atoms with van der Waals surface area (Å²) in [6.45, 7) is 3.92. The Balaban J connectivity index is 0.965. The van der Waals surface area contributed by atoms with Gasteiger partial charge in [-0.05, 0) is 68.8 Å². The lowest BCUT2D eigenvalue weighted by atomic mass is 9.93. The number of imidazole rings is 1. The third kappa shape index (κ3) is 7.04. The third-order valence-electron chi connectivity index (χ3n) is 8.85. The Labute approximate surface area is 271 Å². The zero-order chi connectivity index (χ0) is 32.3. The van der Waals surface area contributed by atoms with Gasteiger partial charge in [0.15, 0.2) is 0 Å². The van der Waals surface area contributed by atoms with Crippen molar-refractivity contribution < 1.29 is 23.8 Å². The number of aromatic nitrogens is 5. The molecule has 5 heterocycles. The summed E-state index contributed by atoms with van der Waals surface area (Å²) < 4.78 is 30.3. The number of halogens is 1. The molecule has 2 aromatic carbocycles. The van der Waals surface area contributed by atoms with Gasteiger partial charge in [0.1, 0.15) is 18.2 Å². The van der Waals surface area contributed by atoms with E-state index in [2.05, 4.69) is 26.4 Å². The summed E-state index contributed by atoms with van der Waals surface area (Å²) in [7, 11) is 1.82. The second-order valence-corrected chi connectivity index (χ2v) is 12.1. The number of rotatable bonds is 9. The van der Waals surface area contributed by atoms with Crippen LogP contribution >= 0.6 is 0 Å². The lowest BCUT2D eigenvalue weighted by Gasteiger charge is -2.32. The average molecular weight is 635 g/mol. The molecule has 5 aromatic rings. The van der Waals surface area contributed by atoms with E-state index >= 15 is 0 Å². The molecule has 0 unspecified atom stereocenters. The van der Waals surface area contributed by atoms with Crippen molar-refractivity contribution in [1.82, 2.24) is 29.2 Å². The fraction of sp³-hybridized carbons (Fsp3) is 0.333. The normalized spacial score (nSPS) is 16.9. The predicted molar refractivity (Wildman–Crippen MR) is 172 cm³/mol. The first-order valence-electron chi connectivity index (χ1n) is 15.8. The summed E-state index contributed by atoms with van der Waals surface area (Å²) in [5.74, 6) is 6.32. The molecule has 2 aliphatic rings. The van der Waals surface area contributed by atoms with E-state index < -0.39 is 5.97 Å². The molecule has 0 radical (unpaired) electrons. The Morgan fingerprint density at radius 1 is 1.06 bits per heavy atom. The maximum Gasteiger partial charge on any atom is 0.335 e. The maximum atomic E-state index is 14.8. The molecule has 1 N–H and O–H groups in total. The molecule has 47 heavy (non-hydrogen) atoms. The van der Waals surface area contributed by atoms with Crippen LogP contribution in [-0.2, 0) is 31.5 Å². The van der Waals surface area contributed by atoms with Crippen LogP contribution in [0.15, 0.2) is 67.0 Å². The zero-order valence-corrected chi connectivity index (χ0v) is 26.1. The molecule has 10 nitrogen and oxygen atoms in total. The number of pyridine rings is 1. The first-order valence-corrected chi connectivity index (χ1v) is 15.8. The SMILES string of the molecule is Cn1cc(C#Cc2ccc(COc3cccc(C4CCN(Cc5nc6ccc(C(=O)O)cc6n5C[C@@H]5CCO5)CC4)n3)c(F)c2)cn1. The Morgan fingerprint density at radius 3 is 2.62 bits per heavy atom. The van der Waals surface area contributed by atoms with Gasteiger partial charge in [-0.1, -0.05) is 24.0 Å². The standard InChI is InChI=1S/C36H35FN6O4/c1-41-20-25(19-38-41)6-5-24-7-8-28(30(37)17-24)23-47-35-4-2-3-31(40-35)26-11-14-42(15-12-26)22-34-39-32-10-9-27(36(44)45)18-33(32)43(34)21-29-13-16-46-29/h2-4,7-10,17-20,26,29H,11-16,21-23H2,1H3,(H,44,45)/t29-/m0/s1. The molecule has 0 spiro atoms. The summed E-state index contributed by atoms with van der Waals surface area (Å²) >= 11 is 0. The maximum absolute atomic E-state index is 14.8. The van der Waals surface area contributed by atoms with Crippen molar-refractivity contribution in [1.29, 1.82) is 0 Å². The van der Waals surface area contributed by atoms with Gasteiger partial charge >= 0.3 is 5.97 Å². The van der Waals surface area contributed by atoms with E-state index in [1.807, 2.05) is 25.4 Å². The van der Waals surface area contributed by atoms with Crippen LogP contribution in [0.5, 0.6) is 5.88 Å². The monoisotopic (exact) mass is 634 g/mol. The lowest BCUT2D eigenvalue weighted by molar-refractivity contribution is -0.0592. The van der Waals surface area contributed by atoms with Gasteiger partial charge in [0.25, 0.3) is 0 Å². The number of aryl methyl sites for hydroxylation is 1. The van der Waals surface area contributed by atoms with Crippen LogP contribution < -0.4 is 4.74 Å². The number of hydrogen-bond acceptors (Lipinski definition) is 7. The number of hydrogen-bond donors (Lipinski definition) is 1. The summed E-state index contributed by atoms with van der Waals surface area (Å²) in [6, 6.07) is 15.8. The minimum atomic E-state index is -0.948.